The van der Waals surface area contributed by atoms with Crippen LogP contribution < -0.4 is 69.3 Å². The quantitative estimate of drug-likeness (QED) is 0.116. The molecule has 0 aliphatic heterocycles. The van der Waals surface area contributed by atoms with Crippen LogP contribution in [0.5, 0.6) is 17.2 Å². The monoisotopic (exact) mass is 692 g/mol. The molecule has 5 aromatic carbocycles. The smallest absolute Gasteiger partial charge is 0.872 e. The fraction of sp³-hybridized carbons (Fsp3) is 0. The Hall–Kier alpha value is -3.62. The number of hydrogen-bond donors (Lipinski definition) is 3. The molecule has 0 bridgehead atoms. The molecule has 0 heterocycles. The van der Waals surface area contributed by atoms with Crippen molar-refractivity contribution in [3.8, 4) is 17.2 Å². The minimum Gasteiger partial charge on any atom is -0.872 e. The van der Waals surface area contributed by atoms with Crippen molar-refractivity contribution in [2.45, 2.75) is 9.79 Å². The van der Waals surface area contributed by atoms with Crippen molar-refractivity contribution in [3.05, 3.63) is 91.0 Å². The van der Waals surface area contributed by atoms with Crippen LogP contribution in [0.1, 0.15) is 0 Å². The Kier molecular flexibility index (Phi) is 12.5. The minimum atomic E-state index is -4.92. The Balaban J connectivity index is 0.00000300. The van der Waals surface area contributed by atoms with Crippen molar-refractivity contribution in [3.63, 3.8) is 0 Å². The van der Waals surface area contributed by atoms with Gasteiger partial charge in [-0.05, 0) is 65.7 Å². The summed E-state index contributed by atoms with van der Waals surface area (Å²) >= 11 is 0. The van der Waals surface area contributed by atoms with Gasteiger partial charge in [0.1, 0.15) is 11.4 Å². The van der Waals surface area contributed by atoms with Crippen LogP contribution in [0.4, 0.5) is 34.1 Å². The average molecular weight is 693 g/mol. The van der Waals surface area contributed by atoms with Gasteiger partial charge >= 0.3 is 59.1 Å². The first kappa shape index (κ1) is 37.8. The van der Waals surface area contributed by atoms with Gasteiger partial charge in [0, 0.05) is 5.39 Å². The number of phenols is 1. The number of nitrogens with zero attached hydrogens (tertiary/aromatic N) is 6. The van der Waals surface area contributed by atoms with Gasteiger partial charge in [0.25, 0.3) is 20.2 Å². The van der Waals surface area contributed by atoms with Gasteiger partial charge in [0.15, 0.2) is 5.75 Å². The summed E-state index contributed by atoms with van der Waals surface area (Å²) in [7, 11) is -9.79. The van der Waals surface area contributed by atoms with E-state index in [9.17, 15) is 41.3 Å². The second-order valence-corrected chi connectivity index (χ2v) is 12.0. The Morgan fingerprint density at radius 2 is 1.02 bits per heavy atom. The summed E-state index contributed by atoms with van der Waals surface area (Å²) in [6, 6.07) is 20.6. The summed E-state index contributed by atoms with van der Waals surface area (Å²) in [5.41, 5.74) is -1.09. The first-order chi connectivity index (χ1) is 21.3. The third kappa shape index (κ3) is 9.05. The molecule has 47 heavy (non-hydrogen) atoms. The van der Waals surface area contributed by atoms with Gasteiger partial charge in [-0.2, -0.15) is 32.2 Å². The van der Waals surface area contributed by atoms with Crippen LogP contribution in [0.2, 0.25) is 0 Å². The molecule has 0 aliphatic rings. The molecule has 5 rings (SSSR count). The van der Waals surface area contributed by atoms with Crippen LogP contribution in [0.25, 0.3) is 10.8 Å². The maximum atomic E-state index is 13.2. The van der Waals surface area contributed by atoms with E-state index >= 15 is 0 Å². The Morgan fingerprint density at radius 1 is 0.553 bits per heavy atom. The molecule has 0 amide bonds. The number of fused-ring (bicyclic) bond motifs is 1. The van der Waals surface area contributed by atoms with Crippen LogP contribution >= 0.6 is 0 Å². The molecular weight excluding hydrogens is 674 g/mol. The Morgan fingerprint density at radius 3 is 1.55 bits per heavy atom. The maximum absolute atomic E-state index is 13.2. The van der Waals surface area contributed by atoms with Crippen molar-refractivity contribution in [1.29, 1.82) is 0 Å². The number of phenolic OH excluding ortho intramolecular Hbond substituents is 1. The topological polar surface area (TPSA) is 249 Å². The van der Waals surface area contributed by atoms with E-state index in [4.69, 9.17) is 0 Å². The Bertz CT molecular complexity index is 2250. The van der Waals surface area contributed by atoms with Gasteiger partial charge in [0.2, 0.25) is 0 Å². The third-order valence-electron chi connectivity index (χ3n) is 6.04. The molecule has 0 saturated carbocycles. The van der Waals surface area contributed by atoms with Crippen LogP contribution in [-0.4, -0.2) is 31.0 Å². The SMILES string of the molecule is O=S(=O)(O)c1cc([O-])c2c(N=Nc3cc(N=Nc4ccccc4)c([O-])c(N=Nc4ccccc4)c3O)cc(S(=O)(=O)O)cc2c1.[Na+].[Na+]. The predicted molar refractivity (Wildman–Crippen MR) is 156 cm³/mol. The molecule has 228 valence electrons. The number of rotatable bonds is 8. The van der Waals surface area contributed by atoms with E-state index in [0.717, 1.165) is 24.3 Å². The molecule has 0 aromatic heterocycles. The fourth-order valence-electron chi connectivity index (χ4n) is 3.95. The van der Waals surface area contributed by atoms with Gasteiger partial charge in [0.05, 0.1) is 32.5 Å². The normalized spacial score (nSPS) is 12.0. The molecule has 19 heteroatoms. The molecule has 0 fully saturated rings. The number of hydrogen-bond acceptors (Lipinski definition) is 13. The van der Waals surface area contributed by atoms with Crippen LogP contribution in [-0.2, 0) is 20.2 Å². The first-order valence-corrected chi connectivity index (χ1v) is 15.4. The fourth-order valence-corrected chi connectivity index (χ4v) is 5.02. The third-order valence-corrected chi connectivity index (χ3v) is 7.70. The van der Waals surface area contributed by atoms with Gasteiger partial charge in [-0.1, -0.05) is 42.1 Å². The van der Waals surface area contributed by atoms with Gasteiger partial charge in [-0.3, -0.25) is 9.11 Å². The van der Waals surface area contributed by atoms with Crippen molar-refractivity contribution in [1.82, 2.24) is 0 Å². The molecule has 0 spiro atoms. The molecule has 15 nitrogen and oxygen atoms in total. The maximum Gasteiger partial charge on any atom is 1.00 e. The largest absolute Gasteiger partial charge is 1.00 e. The van der Waals surface area contributed by atoms with Crippen LogP contribution in [0.15, 0.2) is 131 Å². The van der Waals surface area contributed by atoms with Crippen LogP contribution in [0, 0.1) is 0 Å². The second-order valence-electron chi connectivity index (χ2n) is 9.12. The van der Waals surface area contributed by atoms with Gasteiger partial charge < -0.3 is 15.3 Å². The van der Waals surface area contributed by atoms with E-state index in [1.54, 1.807) is 60.7 Å². The molecule has 0 radical (unpaired) electrons. The summed E-state index contributed by atoms with van der Waals surface area (Å²) in [5.74, 6) is -2.66. The molecule has 3 N–H and O–H groups in total. The van der Waals surface area contributed by atoms with E-state index in [1.165, 1.54) is 0 Å². The summed E-state index contributed by atoms with van der Waals surface area (Å²) in [5, 5.41) is 59.9. The molecule has 0 saturated heterocycles. The molecule has 5 aromatic rings. The van der Waals surface area contributed by atoms with E-state index in [-0.39, 0.29) is 75.6 Å². The zero-order chi connectivity index (χ0) is 32.4. The average Bonchev–Trinajstić information content (AvgIpc) is 2.99. The van der Waals surface area contributed by atoms with E-state index in [1.807, 2.05) is 0 Å². The summed E-state index contributed by atoms with van der Waals surface area (Å²) in [6.45, 7) is 0. The molecular formula is C28H18N6Na2O9S2. The summed E-state index contributed by atoms with van der Waals surface area (Å²) in [4.78, 5) is -1.62. The second kappa shape index (κ2) is 15.5. The van der Waals surface area contributed by atoms with Crippen LogP contribution in [0.3, 0.4) is 0 Å². The molecule has 0 atom stereocenters. The molecule has 0 unspecified atom stereocenters. The standard InChI is InChI=1S/C28H20N6O9S2.2Na/c35-24-14-20(45(41,42)43)12-16-11-19(44(38,39)40)13-21(25(16)24)31-33-23-15-22(32-29-17-7-3-1-4-8-17)27(36)26(28(23)37)34-30-18-9-5-2-6-10-18;;/h1-15,35-37H,(H,38,39,40)(H,41,42,43);;/q;2*+1/p-2. The van der Waals surface area contributed by atoms with Crippen molar-refractivity contribution < 1.29 is 100 Å². The zero-order valence-corrected chi connectivity index (χ0v) is 30.1. The first-order valence-electron chi connectivity index (χ1n) is 12.5. The van der Waals surface area contributed by atoms with E-state index < -0.39 is 64.3 Å². The number of benzene rings is 5. The van der Waals surface area contributed by atoms with Crippen molar-refractivity contribution >= 4 is 65.1 Å². The minimum absolute atomic E-state index is 0. The van der Waals surface area contributed by atoms with Crippen molar-refractivity contribution in [2.75, 3.05) is 0 Å². The van der Waals surface area contributed by atoms with Gasteiger partial charge in [-0.25, -0.2) is 0 Å². The van der Waals surface area contributed by atoms with E-state index in [0.29, 0.717) is 17.4 Å². The Labute approximate surface area is 311 Å². The molecule has 0 aliphatic carbocycles. The predicted octanol–water partition coefficient (Wildman–Crippen LogP) is 0.440. The summed E-state index contributed by atoms with van der Waals surface area (Å²) < 4.78 is 66.2. The number of azo groups is 3. The van der Waals surface area contributed by atoms with E-state index in [2.05, 4.69) is 30.7 Å². The zero-order valence-electron chi connectivity index (χ0n) is 24.5. The summed E-state index contributed by atoms with van der Waals surface area (Å²) in [6.07, 6.45) is 0. The van der Waals surface area contributed by atoms with Gasteiger partial charge in [-0.15, -0.1) is 15.3 Å². The van der Waals surface area contributed by atoms with Crippen molar-refractivity contribution in [2.24, 2.45) is 30.7 Å². The number of aromatic hydroxyl groups is 1.